The molecule has 0 radical (unpaired) electrons. The van der Waals surface area contributed by atoms with Crippen LogP contribution in [0.4, 0.5) is 5.82 Å². The summed E-state index contributed by atoms with van der Waals surface area (Å²) in [6, 6.07) is 5.74. The van der Waals surface area contributed by atoms with Crippen molar-refractivity contribution in [3.05, 3.63) is 40.9 Å². The molecule has 0 amide bonds. The SMILES string of the molecule is Cc1noc(C)c1CN1CC[C@H](CNc2ncccc2C#N)C1. The van der Waals surface area contributed by atoms with E-state index in [-0.39, 0.29) is 0 Å². The summed E-state index contributed by atoms with van der Waals surface area (Å²) in [5.41, 5.74) is 2.78. The van der Waals surface area contributed by atoms with Crippen LogP contribution in [0.15, 0.2) is 22.9 Å². The van der Waals surface area contributed by atoms with Crippen molar-refractivity contribution in [1.29, 1.82) is 5.26 Å². The Kier molecular flexibility index (Phi) is 4.58. The molecule has 0 unspecified atom stereocenters. The summed E-state index contributed by atoms with van der Waals surface area (Å²) in [6.07, 6.45) is 2.85. The molecule has 23 heavy (non-hydrogen) atoms. The fourth-order valence-corrected chi connectivity index (χ4v) is 3.05. The lowest BCUT2D eigenvalue weighted by Gasteiger charge is -2.16. The van der Waals surface area contributed by atoms with Gasteiger partial charge in [0, 0.05) is 31.4 Å². The van der Waals surface area contributed by atoms with E-state index in [1.54, 1.807) is 18.3 Å². The Labute approximate surface area is 136 Å². The van der Waals surface area contributed by atoms with Crippen LogP contribution in [0.5, 0.6) is 0 Å². The van der Waals surface area contributed by atoms with E-state index in [9.17, 15) is 0 Å². The highest BCUT2D eigenvalue weighted by molar-refractivity contribution is 5.51. The van der Waals surface area contributed by atoms with Crippen molar-refractivity contribution >= 4 is 5.82 Å². The van der Waals surface area contributed by atoms with Crippen molar-refractivity contribution in [2.75, 3.05) is 25.0 Å². The van der Waals surface area contributed by atoms with E-state index < -0.39 is 0 Å². The molecule has 0 aromatic carbocycles. The van der Waals surface area contributed by atoms with Crippen LogP contribution in [0.25, 0.3) is 0 Å². The van der Waals surface area contributed by atoms with E-state index in [0.717, 1.165) is 44.1 Å². The van der Waals surface area contributed by atoms with Crippen LogP contribution in [0, 0.1) is 31.1 Å². The second-order valence-electron chi connectivity index (χ2n) is 6.08. The Hall–Kier alpha value is -2.39. The summed E-state index contributed by atoms with van der Waals surface area (Å²) in [6.45, 7) is 7.80. The van der Waals surface area contributed by atoms with E-state index in [1.165, 1.54) is 5.56 Å². The first-order chi connectivity index (χ1) is 11.2. The number of pyridine rings is 1. The first-order valence-electron chi connectivity index (χ1n) is 7.90. The topological polar surface area (TPSA) is 78.0 Å². The molecule has 0 spiro atoms. The molecule has 6 heteroatoms. The molecule has 0 saturated carbocycles. The molecule has 1 N–H and O–H groups in total. The molecule has 2 aromatic rings. The van der Waals surface area contributed by atoms with Crippen LogP contribution in [0.2, 0.25) is 0 Å². The number of anilines is 1. The minimum atomic E-state index is 0.559. The summed E-state index contributed by atoms with van der Waals surface area (Å²) >= 11 is 0. The normalized spacial score (nSPS) is 18.0. The number of nitriles is 1. The summed E-state index contributed by atoms with van der Waals surface area (Å²) in [5, 5.41) is 16.4. The molecular weight excluding hydrogens is 290 g/mol. The monoisotopic (exact) mass is 311 g/mol. The highest BCUT2D eigenvalue weighted by Gasteiger charge is 2.24. The van der Waals surface area contributed by atoms with Crippen molar-refractivity contribution in [3.8, 4) is 6.07 Å². The maximum atomic E-state index is 9.10. The Bertz CT molecular complexity index is 699. The van der Waals surface area contributed by atoms with Crippen molar-refractivity contribution in [3.63, 3.8) is 0 Å². The first-order valence-corrected chi connectivity index (χ1v) is 7.90. The van der Waals surface area contributed by atoms with Gasteiger partial charge in [-0.1, -0.05) is 5.16 Å². The van der Waals surface area contributed by atoms with Crippen LogP contribution in [0.1, 0.15) is 29.0 Å². The molecule has 6 nitrogen and oxygen atoms in total. The fourth-order valence-electron chi connectivity index (χ4n) is 3.05. The average molecular weight is 311 g/mol. The van der Waals surface area contributed by atoms with E-state index in [0.29, 0.717) is 17.3 Å². The molecule has 1 aliphatic rings. The zero-order chi connectivity index (χ0) is 16.2. The van der Waals surface area contributed by atoms with Crippen LogP contribution < -0.4 is 5.32 Å². The summed E-state index contributed by atoms with van der Waals surface area (Å²) < 4.78 is 5.24. The maximum absolute atomic E-state index is 9.10. The third-order valence-corrected chi connectivity index (χ3v) is 4.42. The minimum absolute atomic E-state index is 0.559. The number of hydrogen-bond acceptors (Lipinski definition) is 6. The molecule has 120 valence electrons. The Balaban J connectivity index is 1.53. The fraction of sp³-hybridized carbons (Fsp3) is 0.471. The number of likely N-dealkylation sites (tertiary alicyclic amines) is 1. The van der Waals surface area contributed by atoms with Crippen LogP contribution in [-0.4, -0.2) is 34.7 Å². The smallest absolute Gasteiger partial charge is 0.143 e. The van der Waals surface area contributed by atoms with Gasteiger partial charge in [-0.25, -0.2) is 4.98 Å². The molecule has 1 atom stereocenters. The Morgan fingerprint density at radius 1 is 1.48 bits per heavy atom. The maximum Gasteiger partial charge on any atom is 0.143 e. The summed E-state index contributed by atoms with van der Waals surface area (Å²) in [4.78, 5) is 6.68. The van der Waals surface area contributed by atoms with Crippen molar-refractivity contribution < 1.29 is 4.52 Å². The third-order valence-electron chi connectivity index (χ3n) is 4.42. The van der Waals surface area contributed by atoms with Gasteiger partial charge in [0.05, 0.1) is 11.3 Å². The third kappa shape index (κ3) is 3.51. The van der Waals surface area contributed by atoms with Gasteiger partial charge in [-0.15, -0.1) is 0 Å². The predicted molar refractivity (Wildman–Crippen MR) is 86.8 cm³/mol. The number of aryl methyl sites for hydroxylation is 2. The van der Waals surface area contributed by atoms with Gasteiger partial charge in [-0.2, -0.15) is 5.26 Å². The zero-order valence-corrected chi connectivity index (χ0v) is 13.5. The minimum Gasteiger partial charge on any atom is -0.369 e. The molecule has 3 rings (SSSR count). The molecule has 1 saturated heterocycles. The van der Waals surface area contributed by atoms with E-state index in [4.69, 9.17) is 9.78 Å². The lowest BCUT2D eigenvalue weighted by Crippen LogP contribution is -2.23. The lowest BCUT2D eigenvalue weighted by molar-refractivity contribution is 0.315. The van der Waals surface area contributed by atoms with E-state index >= 15 is 0 Å². The van der Waals surface area contributed by atoms with Crippen LogP contribution in [0.3, 0.4) is 0 Å². The molecule has 0 aliphatic carbocycles. The molecule has 1 aliphatic heterocycles. The van der Waals surface area contributed by atoms with Crippen molar-refractivity contribution in [1.82, 2.24) is 15.0 Å². The number of aromatic nitrogens is 2. The number of nitrogens with one attached hydrogen (secondary N) is 1. The predicted octanol–water partition coefficient (Wildman–Crippen LogP) is 2.49. The molecule has 1 fully saturated rings. The lowest BCUT2D eigenvalue weighted by atomic mass is 10.1. The highest BCUT2D eigenvalue weighted by Crippen LogP contribution is 2.22. The van der Waals surface area contributed by atoms with Gasteiger partial charge < -0.3 is 9.84 Å². The van der Waals surface area contributed by atoms with Gasteiger partial charge in [0.1, 0.15) is 17.6 Å². The number of hydrogen-bond donors (Lipinski definition) is 1. The van der Waals surface area contributed by atoms with Crippen LogP contribution >= 0.6 is 0 Å². The summed E-state index contributed by atoms with van der Waals surface area (Å²) in [5.74, 6) is 2.15. The largest absolute Gasteiger partial charge is 0.369 e. The van der Waals surface area contributed by atoms with Gasteiger partial charge in [0.15, 0.2) is 0 Å². The van der Waals surface area contributed by atoms with Crippen molar-refractivity contribution in [2.45, 2.75) is 26.8 Å². The molecular formula is C17H21N5O. The first kappa shape index (κ1) is 15.5. The van der Waals surface area contributed by atoms with Gasteiger partial charge >= 0.3 is 0 Å². The summed E-state index contributed by atoms with van der Waals surface area (Å²) in [7, 11) is 0. The highest BCUT2D eigenvalue weighted by atomic mass is 16.5. The zero-order valence-electron chi connectivity index (χ0n) is 13.5. The van der Waals surface area contributed by atoms with Gasteiger partial charge in [0.2, 0.25) is 0 Å². The second-order valence-corrected chi connectivity index (χ2v) is 6.08. The molecule has 2 aromatic heterocycles. The average Bonchev–Trinajstić information content (AvgIpc) is 3.15. The molecule has 0 bridgehead atoms. The second kappa shape index (κ2) is 6.80. The van der Waals surface area contributed by atoms with Gasteiger partial charge in [0.25, 0.3) is 0 Å². The number of nitrogens with zero attached hydrogens (tertiary/aromatic N) is 4. The van der Waals surface area contributed by atoms with Crippen molar-refractivity contribution in [2.24, 2.45) is 5.92 Å². The Morgan fingerprint density at radius 2 is 2.35 bits per heavy atom. The van der Waals surface area contributed by atoms with Gasteiger partial charge in [-0.05, 0) is 44.9 Å². The standard InChI is InChI=1S/C17H21N5O/c1-12-16(13(2)23-21-12)11-22-7-5-14(10-22)9-20-17-15(8-18)4-3-6-19-17/h3-4,6,14H,5,7,9-11H2,1-2H3,(H,19,20)/t14-/m1/s1. The Morgan fingerprint density at radius 3 is 3.09 bits per heavy atom. The van der Waals surface area contributed by atoms with E-state index in [2.05, 4.69) is 26.4 Å². The van der Waals surface area contributed by atoms with Gasteiger partial charge in [-0.3, -0.25) is 4.90 Å². The van der Waals surface area contributed by atoms with E-state index in [1.807, 2.05) is 13.8 Å². The number of rotatable bonds is 5. The quantitative estimate of drug-likeness (QED) is 0.914. The van der Waals surface area contributed by atoms with Crippen LogP contribution in [-0.2, 0) is 6.54 Å². The molecule has 3 heterocycles.